The highest BCUT2D eigenvalue weighted by molar-refractivity contribution is 6.08. The predicted molar refractivity (Wildman–Crippen MR) is 71.8 cm³/mol. The summed E-state index contributed by atoms with van der Waals surface area (Å²) < 4.78 is 5.08. The summed E-state index contributed by atoms with van der Waals surface area (Å²) in [6.07, 6.45) is 0. The summed E-state index contributed by atoms with van der Waals surface area (Å²) in [5, 5.41) is 2.78. The van der Waals surface area contributed by atoms with Gasteiger partial charge in [-0.2, -0.15) is 0 Å². The van der Waals surface area contributed by atoms with Crippen molar-refractivity contribution in [2.45, 2.75) is 0 Å². The van der Waals surface area contributed by atoms with E-state index in [1.165, 1.54) is 7.11 Å². The van der Waals surface area contributed by atoms with Gasteiger partial charge in [0.15, 0.2) is 0 Å². The number of hydrogen-bond donors (Lipinski definition) is 2. The zero-order valence-corrected chi connectivity index (χ0v) is 10.0. The lowest BCUT2D eigenvalue weighted by Crippen LogP contribution is -2.14. The monoisotopic (exact) mass is 242 g/mol. The first-order chi connectivity index (χ1) is 8.72. The summed E-state index contributed by atoms with van der Waals surface area (Å²) in [7, 11) is 1.52. The van der Waals surface area contributed by atoms with Crippen molar-refractivity contribution in [3.8, 4) is 5.75 Å². The van der Waals surface area contributed by atoms with E-state index in [1.807, 2.05) is 30.3 Å². The summed E-state index contributed by atoms with van der Waals surface area (Å²) in [4.78, 5) is 12.1. The number of rotatable bonds is 3. The SMILES string of the molecule is COc1cccc(C(=O)Nc2ccccc2)c1N. The Bertz CT molecular complexity index is 553. The standard InChI is InChI=1S/C14H14N2O2/c1-18-12-9-5-8-11(13(12)15)14(17)16-10-6-3-2-4-7-10/h2-9H,15H2,1H3,(H,16,17). The molecule has 2 aromatic carbocycles. The van der Waals surface area contributed by atoms with Gasteiger partial charge in [-0.05, 0) is 24.3 Å². The molecular formula is C14H14N2O2. The lowest BCUT2D eigenvalue weighted by molar-refractivity contribution is 0.102. The van der Waals surface area contributed by atoms with Gasteiger partial charge in [0.2, 0.25) is 0 Å². The highest BCUT2D eigenvalue weighted by atomic mass is 16.5. The second-order valence-electron chi connectivity index (χ2n) is 3.74. The molecule has 0 bridgehead atoms. The largest absolute Gasteiger partial charge is 0.495 e. The second kappa shape index (κ2) is 5.23. The van der Waals surface area contributed by atoms with E-state index in [1.54, 1.807) is 18.2 Å². The molecule has 0 heterocycles. The molecule has 0 aliphatic heterocycles. The Labute approximate surface area is 105 Å². The highest BCUT2D eigenvalue weighted by Gasteiger charge is 2.12. The van der Waals surface area contributed by atoms with Crippen LogP contribution in [0.4, 0.5) is 11.4 Å². The molecule has 0 saturated carbocycles. The molecule has 0 aromatic heterocycles. The van der Waals surface area contributed by atoms with Gasteiger partial charge >= 0.3 is 0 Å². The van der Waals surface area contributed by atoms with Crippen LogP contribution in [0.1, 0.15) is 10.4 Å². The number of anilines is 2. The summed E-state index contributed by atoms with van der Waals surface area (Å²) in [5.41, 5.74) is 7.33. The molecule has 0 aliphatic rings. The lowest BCUT2D eigenvalue weighted by Gasteiger charge is -2.10. The topological polar surface area (TPSA) is 64.3 Å². The van der Waals surface area contributed by atoms with Crippen LogP contribution in [0, 0.1) is 0 Å². The number of ether oxygens (including phenoxy) is 1. The molecule has 2 aromatic rings. The maximum Gasteiger partial charge on any atom is 0.257 e. The van der Waals surface area contributed by atoms with Crippen LogP contribution in [-0.2, 0) is 0 Å². The molecule has 18 heavy (non-hydrogen) atoms. The van der Waals surface area contributed by atoms with E-state index in [2.05, 4.69) is 5.32 Å². The lowest BCUT2D eigenvalue weighted by atomic mass is 10.1. The Morgan fingerprint density at radius 1 is 1.11 bits per heavy atom. The predicted octanol–water partition coefficient (Wildman–Crippen LogP) is 2.53. The molecule has 0 aliphatic carbocycles. The van der Waals surface area contributed by atoms with Gasteiger partial charge < -0.3 is 15.8 Å². The van der Waals surface area contributed by atoms with Crippen LogP contribution in [0.5, 0.6) is 5.75 Å². The van der Waals surface area contributed by atoms with E-state index in [-0.39, 0.29) is 5.91 Å². The van der Waals surface area contributed by atoms with Gasteiger partial charge in [-0.1, -0.05) is 24.3 Å². The normalized spacial score (nSPS) is 9.83. The van der Waals surface area contributed by atoms with Crippen LogP contribution in [-0.4, -0.2) is 13.0 Å². The fourth-order valence-electron chi connectivity index (χ4n) is 1.64. The Hall–Kier alpha value is -2.49. The third kappa shape index (κ3) is 2.43. The summed E-state index contributed by atoms with van der Waals surface area (Å²) in [6.45, 7) is 0. The minimum absolute atomic E-state index is 0.252. The van der Waals surface area contributed by atoms with Gasteiger partial charge in [0.25, 0.3) is 5.91 Å². The first kappa shape index (κ1) is 12.0. The van der Waals surface area contributed by atoms with E-state index in [9.17, 15) is 4.79 Å². The Morgan fingerprint density at radius 2 is 1.83 bits per heavy atom. The molecule has 0 radical (unpaired) electrons. The van der Waals surface area contributed by atoms with Crippen molar-refractivity contribution in [2.24, 2.45) is 0 Å². The average molecular weight is 242 g/mol. The number of methoxy groups -OCH3 is 1. The first-order valence-corrected chi connectivity index (χ1v) is 5.51. The van der Waals surface area contributed by atoms with Crippen LogP contribution in [0.15, 0.2) is 48.5 Å². The number of nitrogens with one attached hydrogen (secondary N) is 1. The zero-order chi connectivity index (χ0) is 13.0. The van der Waals surface area contributed by atoms with Crippen molar-refractivity contribution in [1.82, 2.24) is 0 Å². The minimum atomic E-state index is -0.252. The molecule has 3 N–H and O–H groups in total. The number of para-hydroxylation sites is 2. The van der Waals surface area contributed by atoms with Crippen molar-refractivity contribution in [1.29, 1.82) is 0 Å². The maximum atomic E-state index is 12.1. The molecule has 0 saturated heterocycles. The van der Waals surface area contributed by atoms with Crippen LogP contribution in [0.2, 0.25) is 0 Å². The average Bonchev–Trinajstić information content (AvgIpc) is 2.40. The molecule has 4 heteroatoms. The molecule has 0 unspecified atom stereocenters. The second-order valence-corrected chi connectivity index (χ2v) is 3.74. The third-order valence-electron chi connectivity index (χ3n) is 2.56. The number of nitrogen functional groups attached to an aromatic ring is 1. The molecule has 0 fully saturated rings. The third-order valence-corrected chi connectivity index (χ3v) is 2.56. The molecule has 0 atom stereocenters. The van der Waals surface area contributed by atoms with Gasteiger partial charge in [0, 0.05) is 5.69 Å². The number of benzene rings is 2. The van der Waals surface area contributed by atoms with Gasteiger partial charge in [0.1, 0.15) is 5.75 Å². The molecule has 1 amide bonds. The van der Waals surface area contributed by atoms with E-state index in [0.29, 0.717) is 17.0 Å². The Balaban J connectivity index is 2.24. The van der Waals surface area contributed by atoms with Gasteiger partial charge in [0.05, 0.1) is 18.4 Å². The summed E-state index contributed by atoms with van der Waals surface area (Å²) >= 11 is 0. The minimum Gasteiger partial charge on any atom is -0.495 e. The van der Waals surface area contributed by atoms with Crippen LogP contribution in [0.3, 0.4) is 0 Å². The summed E-state index contributed by atoms with van der Waals surface area (Å²) in [5.74, 6) is 0.244. The van der Waals surface area contributed by atoms with E-state index in [4.69, 9.17) is 10.5 Å². The van der Waals surface area contributed by atoms with E-state index >= 15 is 0 Å². The fourth-order valence-corrected chi connectivity index (χ4v) is 1.64. The number of carbonyl (C=O) groups is 1. The van der Waals surface area contributed by atoms with Crippen LogP contribution < -0.4 is 15.8 Å². The van der Waals surface area contributed by atoms with Gasteiger partial charge in [-0.15, -0.1) is 0 Å². The molecule has 92 valence electrons. The number of amides is 1. The Morgan fingerprint density at radius 3 is 2.50 bits per heavy atom. The maximum absolute atomic E-state index is 12.1. The van der Waals surface area contributed by atoms with Crippen molar-refractivity contribution in [2.75, 3.05) is 18.2 Å². The van der Waals surface area contributed by atoms with Crippen molar-refractivity contribution in [3.05, 3.63) is 54.1 Å². The number of hydrogen-bond acceptors (Lipinski definition) is 3. The quantitative estimate of drug-likeness (QED) is 0.813. The number of nitrogens with two attached hydrogens (primary N) is 1. The van der Waals surface area contributed by atoms with E-state index < -0.39 is 0 Å². The van der Waals surface area contributed by atoms with Gasteiger partial charge in [-0.3, -0.25) is 4.79 Å². The molecule has 4 nitrogen and oxygen atoms in total. The fraction of sp³-hybridized carbons (Fsp3) is 0.0714. The molecule has 2 rings (SSSR count). The zero-order valence-electron chi connectivity index (χ0n) is 10.0. The summed E-state index contributed by atoms with van der Waals surface area (Å²) in [6, 6.07) is 14.3. The highest BCUT2D eigenvalue weighted by Crippen LogP contribution is 2.25. The van der Waals surface area contributed by atoms with Crippen molar-refractivity contribution in [3.63, 3.8) is 0 Å². The van der Waals surface area contributed by atoms with Gasteiger partial charge in [-0.25, -0.2) is 0 Å². The number of carbonyl (C=O) groups excluding carboxylic acids is 1. The van der Waals surface area contributed by atoms with Crippen LogP contribution in [0.25, 0.3) is 0 Å². The smallest absolute Gasteiger partial charge is 0.257 e. The first-order valence-electron chi connectivity index (χ1n) is 5.51. The molecular weight excluding hydrogens is 228 g/mol. The van der Waals surface area contributed by atoms with E-state index in [0.717, 1.165) is 5.69 Å². The van der Waals surface area contributed by atoms with Crippen molar-refractivity contribution < 1.29 is 9.53 Å². The Kier molecular flexibility index (Phi) is 3.48. The van der Waals surface area contributed by atoms with Crippen LogP contribution >= 0.6 is 0 Å². The molecule has 0 spiro atoms. The van der Waals surface area contributed by atoms with Crippen molar-refractivity contribution >= 4 is 17.3 Å².